The normalized spacial score (nSPS) is 8.71. The summed E-state index contributed by atoms with van der Waals surface area (Å²) in [5.74, 6) is -2.18. The van der Waals surface area contributed by atoms with Crippen molar-refractivity contribution in [1.82, 2.24) is 0 Å². The Balaban J connectivity index is 0.00000169. The van der Waals surface area contributed by atoms with E-state index in [2.05, 4.69) is 0 Å². The lowest BCUT2D eigenvalue weighted by Gasteiger charge is -1.97. The lowest BCUT2D eigenvalue weighted by atomic mass is 10.1. The van der Waals surface area contributed by atoms with Gasteiger partial charge in [0.2, 0.25) is 0 Å². The number of rotatable bonds is 1. The molecule has 0 amide bonds. The van der Waals surface area contributed by atoms with Gasteiger partial charge in [-0.25, -0.2) is 8.78 Å². The molecule has 6 heteroatoms. The van der Waals surface area contributed by atoms with Crippen LogP contribution in [0.3, 0.4) is 0 Å². The van der Waals surface area contributed by atoms with Crippen LogP contribution in [0.2, 0.25) is 0 Å². The van der Waals surface area contributed by atoms with Crippen LogP contribution >= 0.6 is 11.6 Å². The molecule has 0 saturated carbocycles. The number of nitrogens with zero attached hydrogens (tertiary/aromatic N) is 1. The molecule has 0 aliphatic carbocycles. The maximum absolute atomic E-state index is 12.8. The lowest BCUT2D eigenvalue weighted by molar-refractivity contribution is 0.108. The first kappa shape index (κ1) is 12.6. The molecular weight excluding hydrogens is 210 g/mol. The van der Waals surface area contributed by atoms with Gasteiger partial charge in [0.15, 0.2) is 0 Å². The van der Waals surface area contributed by atoms with Gasteiger partial charge in [-0.1, -0.05) is 0 Å². The van der Waals surface area contributed by atoms with E-state index in [0.717, 1.165) is 12.1 Å². The second kappa shape index (κ2) is 4.73. The monoisotopic (exact) mass is 212 g/mol. The number of hydrogen-bond acceptors (Lipinski definition) is 2. The first-order valence-corrected chi connectivity index (χ1v) is 3.53. The Labute approximate surface area is 85.7 Å². The Morgan fingerprint density at radius 2 is 1.79 bits per heavy atom. The van der Waals surface area contributed by atoms with Crippen molar-refractivity contribution in [3.63, 3.8) is 0 Å². The van der Waals surface area contributed by atoms with Crippen LogP contribution in [0.4, 0.5) is 8.78 Å². The van der Waals surface area contributed by atoms with Crippen LogP contribution < -0.4 is 0 Å². The molecule has 0 aromatic heterocycles. The second-order valence-corrected chi connectivity index (χ2v) is 2.54. The molecule has 0 saturated heterocycles. The molecule has 0 aliphatic heterocycles. The van der Waals surface area contributed by atoms with Crippen molar-refractivity contribution < 1.29 is 13.6 Å². The third-order valence-corrected chi connectivity index (χ3v) is 1.60. The number of hydrogen-bond donors (Lipinski definition) is 0. The van der Waals surface area contributed by atoms with Crippen molar-refractivity contribution in [2.75, 3.05) is 0 Å². The highest BCUT2D eigenvalue weighted by Gasteiger charge is 2.13. The van der Waals surface area contributed by atoms with Gasteiger partial charge >= 0.3 is 0 Å². The number of carbonyl (C=O) groups is 1. The fourth-order valence-electron chi connectivity index (χ4n) is 0.793. The molecule has 0 N–H and O–H groups in total. The van der Waals surface area contributed by atoms with Crippen LogP contribution in [0.1, 0.15) is 15.9 Å². The molecule has 2 nitrogen and oxygen atoms in total. The number of carbonyl (C=O) groups excluding carboxylic acids is 1. The van der Waals surface area contributed by atoms with Crippen molar-refractivity contribution in [2.24, 2.45) is 0 Å². The number of benzene rings is 1. The van der Waals surface area contributed by atoms with E-state index in [1.54, 1.807) is 0 Å². The van der Waals surface area contributed by atoms with E-state index in [0.29, 0.717) is 0 Å². The average Bonchev–Trinajstić information content (AvgIpc) is 2.03. The molecule has 1 rings (SSSR count). The maximum atomic E-state index is 12.8. The molecule has 3 radical (unpaired) electrons. The van der Waals surface area contributed by atoms with Gasteiger partial charge in [-0.05, 0) is 23.7 Å². The summed E-state index contributed by atoms with van der Waals surface area (Å²) in [6.45, 7) is 0. The summed E-state index contributed by atoms with van der Waals surface area (Å²) in [5.41, 5.74) is -1.03. The van der Waals surface area contributed by atoms with Crippen LogP contribution in [0.15, 0.2) is 12.1 Å². The fourth-order valence-corrected chi connectivity index (χ4v) is 0.903. The summed E-state index contributed by atoms with van der Waals surface area (Å²) in [7, 11) is 0. The van der Waals surface area contributed by atoms with E-state index in [4.69, 9.17) is 16.9 Å². The largest absolute Gasteiger partial charge is 0.276 e. The van der Waals surface area contributed by atoms with Gasteiger partial charge in [-0.15, -0.1) is 0 Å². The molecule has 0 heterocycles. The zero-order valence-corrected chi connectivity index (χ0v) is 7.48. The predicted octanol–water partition coefficient (Wildman–Crippen LogP) is 1.83. The van der Waals surface area contributed by atoms with Gasteiger partial charge in [0.05, 0.1) is 0 Å². The highest BCUT2D eigenvalue weighted by molar-refractivity contribution is 6.67. The lowest BCUT2D eigenvalue weighted by Crippen LogP contribution is -1.96. The van der Waals surface area contributed by atoms with Gasteiger partial charge in [0.1, 0.15) is 23.3 Å². The highest BCUT2D eigenvalue weighted by atomic mass is 35.5. The molecule has 14 heavy (non-hydrogen) atoms. The van der Waals surface area contributed by atoms with Crippen LogP contribution in [0.5, 0.6) is 0 Å². The summed E-state index contributed by atoms with van der Waals surface area (Å²) in [6.07, 6.45) is 0. The average molecular weight is 212 g/mol. The Hall–Kier alpha value is -1.41. The minimum absolute atomic E-state index is 0. The Bertz CT molecular complexity index is 393. The molecular formula is C8H2BClF2NO. The minimum Gasteiger partial charge on any atom is -0.276 e. The summed E-state index contributed by atoms with van der Waals surface area (Å²) < 4.78 is 25.6. The van der Waals surface area contributed by atoms with Crippen LogP contribution in [-0.2, 0) is 0 Å². The molecule has 1 aromatic carbocycles. The Kier molecular flexibility index (Phi) is 4.25. The molecule has 0 bridgehead atoms. The van der Waals surface area contributed by atoms with E-state index in [9.17, 15) is 13.6 Å². The van der Waals surface area contributed by atoms with Crippen molar-refractivity contribution in [2.45, 2.75) is 0 Å². The molecule has 0 aliphatic rings. The summed E-state index contributed by atoms with van der Waals surface area (Å²) >= 11 is 4.99. The molecule has 0 atom stereocenters. The molecule has 1 aromatic rings. The van der Waals surface area contributed by atoms with E-state index >= 15 is 0 Å². The SMILES string of the molecule is N#Cc1c(F)cc(C(=O)Cl)cc1F.[B]. The molecule has 0 fully saturated rings. The fraction of sp³-hybridized carbons (Fsp3) is 0. The Morgan fingerprint density at radius 3 is 2.07 bits per heavy atom. The van der Waals surface area contributed by atoms with Gasteiger partial charge in [0, 0.05) is 14.0 Å². The molecule has 0 unspecified atom stereocenters. The van der Waals surface area contributed by atoms with Crippen LogP contribution in [0, 0.1) is 23.0 Å². The highest BCUT2D eigenvalue weighted by Crippen LogP contribution is 2.15. The minimum atomic E-state index is -1.09. The third kappa shape index (κ3) is 2.30. The number of halogens is 3. The molecule has 0 spiro atoms. The topological polar surface area (TPSA) is 40.9 Å². The van der Waals surface area contributed by atoms with Crippen molar-refractivity contribution in [1.29, 1.82) is 5.26 Å². The summed E-state index contributed by atoms with van der Waals surface area (Å²) in [4.78, 5) is 10.5. The molecule has 69 valence electrons. The summed E-state index contributed by atoms with van der Waals surface area (Å²) in [5, 5.41) is 7.31. The maximum Gasteiger partial charge on any atom is 0.252 e. The van der Waals surface area contributed by atoms with E-state index in [-0.39, 0.29) is 14.0 Å². The van der Waals surface area contributed by atoms with E-state index in [1.165, 1.54) is 6.07 Å². The standard InChI is InChI=1S/C8H2ClF2NO.B/c9-8(13)4-1-6(10)5(3-12)7(11)2-4;/h1-2H;. The van der Waals surface area contributed by atoms with Crippen molar-refractivity contribution in [3.8, 4) is 6.07 Å². The third-order valence-electron chi connectivity index (χ3n) is 1.38. The Morgan fingerprint density at radius 1 is 1.36 bits per heavy atom. The zero-order chi connectivity index (χ0) is 10.0. The van der Waals surface area contributed by atoms with Crippen molar-refractivity contribution >= 4 is 25.3 Å². The van der Waals surface area contributed by atoms with Gasteiger partial charge in [-0.3, -0.25) is 4.79 Å². The van der Waals surface area contributed by atoms with Gasteiger partial charge in [0.25, 0.3) is 5.24 Å². The quantitative estimate of drug-likeness (QED) is 0.526. The van der Waals surface area contributed by atoms with Crippen molar-refractivity contribution in [3.05, 3.63) is 34.9 Å². The van der Waals surface area contributed by atoms with E-state index in [1.807, 2.05) is 0 Å². The van der Waals surface area contributed by atoms with Gasteiger partial charge in [-0.2, -0.15) is 5.26 Å². The summed E-state index contributed by atoms with van der Waals surface area (Å²) in [6, 6.07) is 2.76. The first-order valence-electron chi connectivity index (χ1n) is 3.15. The smallest absolute Gasteiger partial charge is 0.252 e. The zero-order valence-electron chi connectivity index (χ0n) is 6.72. The van der Waals surface area contributed by atoms with Gasteiger partial charge < -0.3 is 0 Å². The van der Waals surface area contributed by atoms with Crippen LogP contribution in [0.25, 0.3) is 0 Å². The number of nitriles is 1. The predicted molar refractivity (Wildman–Crippen MR) is 47.0 cm³/mol. The first-order chi connectivity index (χ1) is 6.06. The second-order valence-electron chi connectivity index (χ2n) is 2.20. The van der Waals surface area contributed by atoms with Crippen LogP contribution in [-0.4, -0.2) is 13.7 Å². The van der Waals surface area contributed by atoms with E-state index < -0.39 is 22.4 Å².